The number of aromatic amines is 1. The van der Waals surface area contributed by atoms with Crippen molar-refractivity contribution in [3.8, 4) is 5.69 Å². The lowest BCUT2D eigenvalue weighted by Crippen LogP contribution is -2.33. The van der Waals surface area contributed by atoms with Gasteiger partial charge in [-0.15, -0.1) is 0 Å². The molecule has 0 atom stereocenters. The number of carbonyl (C=O) groups is 2. The van der Waals surface area contributed by atoms with Gasteiger partial charge in [-0.25, -0.2) is 19.2 Å². The number of aryl methyl sites for hydroxylation is 1. The molecule has 0 spiro atoms. The Kier molecular flexibility index (Phi) is 4.27. The first-order valence-electron chi connectivity index (χ1n) is 7.74. The number of hydrogen-bond acceptors (Lipinski definition) is 6. The number of nitrogens with one attached hydrogen (secondary N) is 1. The lowest BCUT2D eigenvalue weighted by molar-refractivity contribution is 0.0523. The molecule has 2 aromatic heterocycles. The van der Waals surface area contributed by atoms with E-state index in [1.807, 2.05) is 4.98 Å². The molecular formula is C16H14N4O7. The molecule has 3 rings (SSSR count). The average Bonchev–Trinajstić information content (AvgIpc) is 2.85. The summed E-state index contributed by atoms with van der Waals surface area (Å²) in [6.07, 6.45) is -0.476. The number of aromatic nitrogens is 4. The van der Waals surface area contributed by atoms with Crippen LogP contribution in [0.2, 0.25) is 0 Å². The van der Waals surface area contributed by atoms with Crippen molar-refractivity contribution in [1.29, 1.82) is 0 Å². The van der Waals surface area contributed by atoms with E-state index < -0.39 is 29.0 Å². The van der Waals surface area contributed by atoms with Crippen LogP contribution in [-0.2, 0) is 11.8 Å². The van der Waals surface area contributed by atoms with E-state index in [0.29, 0.717) is 10.1 Å². The highest BCUT2D eigenvalue weighted by Gasteiger charge is 2.18. The number of benzene rings is 1. The first-order chi connectivity index (χ1) is 12.8. The van der Waals surface area contributed by atoms with Crippen molar-refractivity contribution in [1.82, 2.24) is 18.7 Å². The van der Waals surface area contributed by atoms with Crippen LogP contribution in [0.15, 0.2) is 38.8 Å². The quantitative estimate of drug-likeness (QED) is 0.608. The molecule has 140 valence electrons. The molecule has 0 radical (unpaired) electrons. The molecule has 0 aliphatic rings. The predicted octanol–water partition coefficient (Wildman–Crippen LogP) is -0.118. The number of fused-ring (bicyclic) bond motifs is 1. The number of nitrogens with zero attached hydrogens (tertiary/aromatic N) is 3. The fraction of sp³-hybridized carbons (Fsp3) is 0.188. The molecule has 0 bridgehead atoms. The largest absolute Gasteiger partial charge is 0.464 e. The lowest BCUT2D eigenvalue weighted by Gasteiger charge is -2.08. The zero-order valence-electron chi connectivity index (χ0n) is 14.3. The normalized spacial score (nSPS) is 10.9. The Bertz CT molecular complexity index is 1260. The number of rotatable bonds is 3. The van der Waals surface area contributed by atoms with Crippen LogP contribution in [0.1, 0.15) is 17.3 Å². The summed E-state index contributed by atoms with van der Waals surface area (Å²) in [5.41, 5.74) is -2.38. The van der Waals surface area contributed by atoms with Crippen molar-refractivity contribution in [2.45, 2.75) is 6.92 Å². The molecule has 2 heterocycles. The molecular weight excluding hydrogens is 360 g/mol. The maximum atomic E-state index is 12.2. The monoisotopic (exact) mass is 374 g/mol. The minimum atomic E-state index is -1.48. The summed E-state index contributed by atoms with van der Waals surface area (Å²) in [7, 11) is 1.41. The second-order valence-corrected chi connectivity index (χ2v) is 5.53. The molecule has 11 nitrogen and oxygen atoms in total. The Hall–Kier alpha value is -3.89. The summed E-state index contributed by atoms with van der Waals surface area (Å²) in [6, 6.07) is 4.19. The third-order valence-electron chi connectivity index (χ3n) is 3.95. The highest BCUT2D eigenvalue weighted by molar-refractivity contribution is 5.89. The molecule has 0 saturated heterocycles. The fourth-order valence-corrected chi connectivity index (χ4v) is 2.68. The molecule has 2 N–H and O–H groups in total. The van der Waals surface area contributed by atoms with Crippen molar-refractivity contribution in [3.05, 3.63) is 61.3 Å². The number of carbonyl (C=O) groups excluding carboxylic acids is 1. The molecule has 3 aromatic rings. The highest BCUT2D eigenvalue weighted by atomic mass is 16.5. The SMILES string of the molecule is CCOC(=O)c1cn(-c2ccc3c(c2)n(C(=O)O)c(=O)n3C)c(=O)[nH]c1=O. The van der Waals surface area contributed by atoms with Crippen LogP contribution in [0.5, 0.6) is 0 Å². The Morgan fingerprint density at radius 3 is 2.52 bits per heavy atom. The molecule has 0 fully saturated rings. The molecule has 0 aliphatic heterocycles. The van der Waals surface area contributed by atoms with E-state index in [1.54, 1.807) is 6.92 Å². The Balaban J connectivity index is 2.29. The van der Waals surface area contributed by atoms with Crippen molar-refractivity contribution >= 4 is 23.1 Å². The van der Waals surface area contributed by atoms with Gasteiger partial charge in [0.2, 0.25) is 0 Å². The highest BCUT2D eigenvalue weighted by Crippen LogP contribution is 2.17. The van der Waals surface area contributed by atoms with Crippen LogP contribution < -0.4 is 16.9 Å². The molecule has 0 aliphatic carbocycles. The first-order valence-corrected chi connectivity index (χ1v) is 7.74. The number of imidazole rings is 1. The summed E-state index contributed by atoms with van der Waals surface area (Å²) in [6.45, 7) is 1.61. The first kappa shape index (κ1) is 17.9. The fourth-order valence-electron chi connectivity index (χ4n) is 2.68. The van der Waals surface area contributed by atoms with Gasteiger partial charge in [0.05, 0.1) is 23.3 Å². The Morgan fingerprint density at radius 2 is 1.89 bits per heavy atom. The van der Waals surface area contributed by atoms with Crippen LogP contribution in [0.4, 0.5) is 4.79 Å². The van der Waals surface area contributed by atoms with Gasteiger partial charge >= 0.3 is 23.4 Å². The maximum Gasteiger partial charge on any atom is 0.420 e. The van der Waals surface area contributed by atoms with Crippen LogP contribution in [0.25, 0.3) is 16.7 Å². The van der Waals surface area contributed by atoms with E-state index in [-0.39, 0.29) is 23.4 Å². The van der Waals surface area contributed by atoms with Crippen molar-refractivity contribution in [2.75, 3.05) is 6.61 Å². The Labute approximate surface area is 149 Å². The van der Waals surface area contributed by atoms with Gasteiger partial charge in [0, 0.05) is 13.2 Å². The summed E-state index contributed by atoms with van der Waals surface area (Å²) < 4.78 is 7.41. The molecule has 1 aromatic carbocycles. The van der Waals surface area contributed by atoms with Gasteiger partial charge in [0.15, 0.2) is 0 Å². The van der Waals surface area contributed by atoms with Crippen molar-refractivity contribution in [3.63, 3.8) is 0 Å². The number of carboxylic acid groups (broad SMARTS) is 1. The lowest BCUT2D eigenvalue weighted by atomic mass is 10.2. The molecule has 0 saturated carbocycles. The van der Waals surface area contributed by atoms with E-state index in [9.17, 15) is 29.1 Å². The van der Waals surface area contributed by atoms with Crippen LogP contribution in [-0.4, -0.2) is 42.5 Å². The maximum absolute atomic E-state index is 12.2. The third-order valence-corrected chi connectivity index (χ3v) is 3.95. The van der Waals surface area contributed by atoms with E-state index in [0.717, 1.165) is 15.3 Å². The van der Waals surface area contributed by atoms with Gasteiger partial charge < -0.3 is 9.84 Å². The second-order valence-electron chi connectivity index (χ2n) is 5.53. The second kappa shape index (κ2) is 6.44. The van der Waals surface area contributed by atoms with Crippen LogP contribution in [0.3, 0.4) is 0 Å². The predicted molar refractivity (Wildman–Crippen MR) is 92.8 cm³/mol. The van der Waals surface area contributed by atoms with Gasteiger partial charge in [0.1, 0.15) is 5.56 Å². The number of H-pyrrole nitrogens is 1. The minimum absolute atomic E-state index is 0.0399. The van der Waals surface area contributed by atoms with Crippen LogP contribution >= 0.6 is 0 Å². The van der Waals surface area contributed by atoms with E-state index in [4.69, 9.17) is 4.74 Å². The summed E-state index contributed by atoms with van der Waals surface area (Å²) in [5.74, 6) is -0.907. The molecule has 0 amide bonds. The number of hydrogen-bond donors (Lipinski definition) is 2. The van der Waals surface area contributed by atoms with E-state index in [2.05, 4.69) is 0 Å². The average molecular weight is 374 g/mol. The summed E-state index contributed by atoms with van der Waals surface area (Å²) in [4.78, 5) is 61.4. The standard InChI is InChI=1S/C16H14N4O7/c1-3-27-13(22)9-7-19(14(23)17-12(9)21)8-4-5-10-11(6-8)20(16(25)26)15(24)18(10)2/h4-7H,3H2,1-2H3,(H,25,26)(H,17,21,23). The summed E-state index contributed by atoms with van der Waals surface area (Å²) >= 11 is 0. The third kappa shape index (κ3) is 2.84. The molecule has 27 heavy (non-hydrogen) atoms. The summed E-state index contributed by atoms with van der Waals surface area (Å²) in [5, 5.41) is 9.28. The minimum Gasteiger partial charge on any atom is -0.464 e. The smallest absolute Gasteiger partial charge is 0.420 e. The van der Waals surface area contributed by atoms with Gasteiger partial charge in [-0.05, 0) is 25.1 Å². The van der Waals surface area contributed by atoms with Crippen molar-refractivity contribution < 1.29 is 19.4 Å². The topological polar surface area (TPSA) is 145 Å². The zero-order valence-corrected chi connectivity index (χ0v) is 14.3. The van der Waals surface area contributed by atoms with Gasteiger partial charge in [-0.1, -0.05) is 0 Å². The molecule has 11 heteroatoms. The van der Waals surface area contributed by atoms with Gasteiger partial charge in [0.25, 0.3) is 5.56 Å². The van der Waals surface area contributed by atoms with E-state index >= 15 is 0 Å². The van der Waals surface area contributed by atoms with Gasteiger partial charge in [-0.2, -0.15) is 4.57 Å². The van der Waals surface area contributed by atoms with Gasteiger partial charge in [-0.3, -0.25) is 18.9 Å². The molecule has 0 unspecified atom stereocenters. The zero-order chi connectivity index (χ0) is 19.9. The van der Waals surface area contributed by atoms with Crippen molar-refractivity contribution in [2.24, 2.45) is 7.05 Å². The van der Waals surface area contributed by atoms with Crippen LogP contribution in [0, 0.1) is 0 Å². The number of esters is 1. The number of ether oxygens (including phenoxy) is 1. The van der Waals surface area contributed by atoms with E-state index in [1.165, 1.54) is 25.2 Å². The Morgan fingerprint density at radius 1 is 1.19 bits per heavy atom.